The average Bonchev–Trinajstić information content (AvgIpc) is 2.51. The molecule has 1 aromatic rings. The Labute approximate surface area is 141 Å². The molecule has 1 fully saturated rings. The van der Waals surface area contributed by atoms with E-state index in [-0.39, 0.29) is 17.5 Å². The molecule has 1 unspecified atom stereocenters. The van der Waals surface area contributed by atoms with Crippen LogP contribution in [0.4, 0.5) is 4.39 Å². The molecule has 1 N–H and O–H groups in total. The summed E-state index contributed by atoms with van der Waals surface area (Å²) in [5.41, 5.74) is 0.311. The fourth-order valence-electron chi connectivity index (χ4n) is 2.63. The van der Waals surface area contributed by atoms with Crippen molar-refractivity contribution in [2.24, 2.45) is 0 Å². The van der Waals surface area contributed by atoms with Gasteiger partial charge in [0.1, 0.15) is 5.82 Å². The highest BCUT2D eigenvalue weighted by Crippen LogP contribution is 2.17. The molecule has 1 aromatic carbocycles. The van der Waals surface area contributed by atoms with Crippen LogP contribution >= 0.6 is 11.6 Å². The maximum atomic E-state index is 13.2. The van der Waals surface area contributed by atoms with Gasteiger partial charge in [-0.1, -0.05) is 11.6 Å². The predicted molar refractivity (Wildman–Crippen MR) is 88.3 cm³/mol. The highest BCUT2D eigenvalue weighted by Gasteiger charge is 2.20. The van der Waals surface area contributed by atoms with Gasteiger partial charge in [0.25, 0.3) is 5.91 Å². The van der Waals surface area contributed by atoms with Gasteiger partial charge in [0.05, 0.1) is 11.1 Å². The van der Waals surface area contributed by atoms with Crippen molar-refractivity contribution in [1.82, 2.24) is 14.7 Å². The van der Waals surface area contributed by atoms with Gasteiger partial charge in [-0.05, 0) is 25.2 Å². The third kappa shape index (κ3) is 5.14. The Morgan fingerprint density at radius 1 is 1.39 bits per heavy atom. The molecule has 1 amide bonds. The quantitative estimate of drug-likeness (QED) is 0.871. The number of piperazine rings is 1. The van der Waals surface area contributed by atoms with Crippen molar-refractivity contribution in [2.45, 2.75) is 6.10 Å². The third-order valence-electron chi connectivity index (χ3n) is 4.06. The van der Waals surface area contributed by atoms with Crippen LogP contribution in [0.15, 0.2) is 18.2 Å². The molecule has 1 atom stereocenters. The Bertz CT molecular complexity index is 550. The summed E-state index contributed by atoms with van der Waals surface area (Å²) >= 11 is 5.70. The molecule has 1 aliphatic heterocycles. The molecule has 0 spiro atoms. The second kappa shape index (κ2) is 8.06. The zero-order chi connectivity index (χ0) is 17.0. The van der Waals surface area contributed by atoms with Crippen LogP contribution in [0.25, 0.3) is 0 Å². The molecule has 1 aliphatic rings. The van der Waals surface area contributed by atoms with Crippen molar-refractivity contribution in [3.8, 4) is 0 Å². The molecule has 2 rings (SSSR count). The van der Waals surface area contributed by atoms with E-state index in [0.717, 1.165) is 26.2 Å². The van der Waals surface area contributed by atoms with E-state index < -0.39 is 11.9 Å². The number of likely N-dealkylation sites (N-methyl/N-ethyl adjacent to an activating group) is 2. The van der Waals surface area contributed by atoms with Gasteiger partial charge in [0.15, 0.2) is 0 Å². The van der Waals surface area contributed by atoms with Crippen LogP contribution in [-0.2, 0) is 0 Å². The smallest absolute Gasteiger partial charge is 0.253 e. The molecule has 0 saturated carbocycles. The molecule has 1 saturated heterocycles. The highest BCUT2D eigenvalue weighted by atomic mass is 35.5. The van der Waals surface area contributed by atoms with E-state index in [1.54, 1.807) is 7.05 Å². The number of aliphatic hydroxyl groups is 1. The summed E-state index contributed by atoms with van der Waals surface area (Å²) in [4.78, 5) is 18.2. The largest absolute Gasteiger partial charge is 0.390 e. The van der Waals surface area contributed by atoms with Gasteiger partial charge in [-0.15, -0.1) is 0 Å². The number of halogens is 2. The molecule has 0 aliphatic carbocycles. The Kier molecular flexibility index (Phi) is 6.35. The monoisotopic (exact) mass is 343 g/mol. The second-order valence-electron chi connectivity index (χ2n) is 6.07. The van der Waals surface area contributed by atoms with E-state index in [1.165, 1.54) is 23.1 Å². The summed E-state index contributed by atoms with van der Waals surface area (Å²) in [5, 5.41) is 10.1. The number of aliphatic hydroxyl groups excluding tert-OH is 1. The Morgan fingerprint density at radius 3 is 2.65 bits per heavy atom. The molecule has 5 nitrogen and oxygen atoms in total. The standard InChI is InChI=1S/C16H23ClFN3O2/c1-19-5-7-21(8-6-19)11-13(22)10-20(2)16(23)12-3-4-15(18)14(17)9-12/h3-4,9,13,22H,5-8,10-11H2,1-2H3. The van der Waals surface area contributed by atoms with E-state index >= 15 is 0 Å². The first kappa shape index (κ1) is 18.1. The Morgan fingerprint density at radius 2 is 2.04 bits per heavy atom. The van der Waals surface area contributed by atoms with Gasteiger partial charge < -0.3 is 14.9 Å². The Balaban J connectivity index is 1.86. The molecule has 1 heterocycles. The zero-order valence-electron chi connectivity index (χ0n) is 13.5. The predicted octanol–water partition coefficient (Wildman–Crippen LogP) is 1.16. The van der Waals surface area contributed by atoms with Crippen molar-refractivity contribution < 1.29 is 14.3 Å². The maximum Gasteiger partial charge on any atom is 0.253 e. The van der Waals surface area contributed by atoms with Gasteiger partial charge in [-0.3, -0.25) is 9.69 Å². The number of carbonyl (C=O) groups is 1. The van der Waals surface area contributed by atoms with E-state index in [9.17, 15) is 14.3 Å². The lowest BCUT2D eigenvalue weighted by atomic mass is 10.2. The van der Waals surface area contributed by atoms with Crippen molar-refractivity contribution in [3.63, 3.8) is 0 Å². The van der Waals surface area contributed by atoms with Gasteiger partial charge in [-0.25, -0.2) is 4.39 Å². The minimum absolute atomic E-state index is 0.0813. The Hall–Kier alpha value is -1.21. The average molecular weight is 344 g/mol. The number of β-amino-alcohol motifs (C(OH)–C–C–N with tert-alkyl or cyclic N) is 1. The lowest BCUT2D eigenvalue weighted by molar-refractivity contribution is 0.0501. The van der Waals surface area contributed by atoms with Crippen molar-refractivity contribution >= 4 is 17.5 Å². The van der Waals surface area contributed by atoms with Crippen LogP contribution in [0.1, 0.15) is 10.4 Å². The minimum atomic E-state index is -0.622. The number of carbonyl (C=O) groups excluding carboxylic acids is 1. The van der Waals surface area contributed by atoms with E-state index in [4.69, 9.17) is 11.6 Å². The second-order valence-corrected chi connectivity index (χ2v) is 6.48. The lowest BCUT2D eigenvalue weighted by Crippen LogP contribution is -2.49. The molecular formula is C16H23ClFN3O2. The van der Waals surface area contributed by atoms with Gasteiger partial charge >= 0.3 is 0 Å². The molecule has 0 aromatic heterocycles. The summed E-state index contributed by atoms with van der Waals surface area (Å²) < 4.78 is 13.2. The number of hydrogen-bond donors (Lipinski definition) is 1. The van der Waals surface area contributed by atoms with Crippen LogP contribution in [0.2, 0.25) is 5.02 Å². The van der Waals surface area contributed by atoms with Crippen LogP contribution < -0.4 is 0 Å². The van der Waals surface area contributed by atoms with Crippen molar-refractivity contribution in [2.75, 3.05) is 53.4 Å². The third-order valence-corrected chi connectivity index (χ3v) is 4.35. The first-order chi connectivity index (χ1) is 10.9. The molecule has 0 radical (unpaired) electrons. The van der Waals surface area contributed by atoms with Crippen LogP contribution in [0.5, 0.6) is 0 Å². The van der Waals surface area contributed by atoms with E-state index in [2.05, 4.69) is 16.8 Å². The summed E-state index contributed by atoms with van der Waals surface area (Å²) in [7, 11) is 3.70. The number of benzene rings is 1. The van der Waals surface area contributed by atoms with E-state index in [0.29, 0.717) is 12.1 Å². The number of rotatable bonds is 5. The van der Waals surface area contributed by atoms with E-state index in [1.807, 2.05) is 0 Å². The van der Waals surface area contributed by atoms with Crippen LogP contribution in [0, 0.1) is 5.82 Å². The first-order valence-electron chi connectivity index (χ1n) is 7.66. The van der Waals surface area contributed by atoms with Crippen LogP contribution in [0.3, 0.4) is 0 Å². The van der Waals surface area contributed by atoms with Gasteiger partial charge in [0.2, 0.25) is 0 Å². The minimum Gasteiger partial charge on any atom is -0.390 e. The maximum absolute atomic E-state index is 13.2. The number of amides is 1. The van der Waals surface area contributed by atoms with Crippen molar-refractivity contribution in [1.29, 1.82) is 0 Å². The molecular weight excluding hydrogens is 321 g/mol. The van der Waals surface area contributed by atoms with Crippen molar-refractivity contribution in [3.05, 3.63) is 34.6 Å². The highest BCUT2D eigenvalue weighted by molar-refractivity contribution is 6.31. The number of hydrogen-bond acceptors (Lipinski definition) is 4. The lowest BCUT2D eigenvalue weighted by Gasteiger charge is -2.34. The zero-order valence-corrected chi connectivity index (χ0v) is 14.3. The summed E-state index contributed by atoms with van der Waals surface area (Å²) in [6.45, 7) is 4.55. The fraction of sp³-hybridized carbons (Fsp3) is 0.562. The normalized spacial score (nSPS) is 18.0. The molecule has 0 bridgehead atoms. The SMILES string of the molecule is CN1CCN(CC(O)CN(C)C(=O)c2ccc(F)c(Cl)c2)CC1. The van der Waals surface area contributed by atoms with Gasteiger partial charge in [0, 0.05) is 51.9 Å². The summed E-state index contributed by atoms with van der Waals surface area (Å²) in [6.07, 6.45) is -0.622. The summed E-state index contributed by atoms with van der Waals surface area (Å²) in [5.74, 6) is -0.842. The van der Waals surface area contributed by atoms with Crippen LogP contribution in [-0.4, -0.2) is 85.2 Å². The topological polar surface area (TPSA) is 47.0 Å². The molecule has 7 heteroatoms. The molecule has 23 heavy (non-hydrogen) atoms. The summed E-state index contributed by atoms with van der Waals surface area (Å²) in [6, 6.07) is 3.87. The fourth-order valence-corrected chi connectivity index (χ4v) is 2.82. The number of nitrogens with zero attached hydrogens (tertiary/aromatic N) is 3. The van der Waals surface area contributed by atoms with Gasteiger partial charge in [-0.2, -0.15) is 0 Å². The molecule has 128 valence electrons. The first-order valence-corrected chi connectivity index (χ1v) is 8.04.